The molecule has 1 aliphatic heterocycles. The van der Waals surface area contributed by atoms with Crippen LogP contribution in [0.1, 0.15) is 24.5 Å². The van der Waals surface area contributed by atoms with Gasteiger partial charge in [-0.15, -0.1) is 0 Å². The molecule has 1 saturated heterocycles. The maximum atomic E-state index is 12.6. The third-order valence-corrected chi connectivity index (χ3v) is 4.93. The first kappa shape index (κ1) is 16.4. The number of rotatable bonds is 3. The van der Waals surface area contributed by atoms with Crippen molar-refractivity contribution in [3.8, 4) is 0 Å². The topological polar surface area (TPSA) is 68.1 Å². The lowest BCUT2D eigenvalue weighted by Gasteiger charge is -2.32. The molecule has 0 saturated carbocycles. The third kappa shape index (κ3) is 3.35. The normalized spacial score (nSPS) is 17.4. The van der Waals surface area contributed by atoms with Gasteiger partial charge in [-0.1, -0.05) is 24.3 Å². The molecule has 1 fully saturated rings. The molecule has 2 aromatic heterocycles. The molecule has 132 valence electrons. The van der Waals surface area contributed by atoms with Crippen LogP contribution >= 0.6 is 0 Å². The second-order valence-electron chi connectivity index (χ2n) is 6.67. The van der Waals surface area contributed by atoms with Gasteiger partial charge in [0.05, 0.1) is 0 Å². The number of pyridine rings is 1. The number of hydrogen-bond donors (Lipinski definition) is 0. The maximum absolute atomic E-state index is 12.6. The molecular formula is C20H20N4O2. The number of piperidine rings is 1. The van der Waals surface area contributed by atoms with E-state index in [1.165, 1.54) is 16.2 Å². The van der Waals surface area contributed by atoms with Crippen LogP contribution in [0.4, 0.5) is 0 Å². The minimum atomic E-state index is -0.398. The van der Waals surface area contributed by atoms with Gasteiger partial charge in [0.2, 0.25) is 5.91 Å². The van der Waals surface area contributed by atoms with Crippen molar-refractivity contribution in [1.82, 2.24) is 19.4 Å². The monoisotopic (exact) mass is 348 g/mol. The summed E-state index contributed by atoms with van der Waals surface area (Å²) >= 11 is 0. The van der Waals surface area contributed by atoms with Crippen LogP contribution in [0.2, 0.25) is 0 Å². The van der Waals surface area contributed by atoms with Crippen LogP contribution in [-0.4, -0.2) is 38.4 Å². The van der Waals surface area contributed by atoms with Crippen molar-refractivity contribution in [3.63, 3.8) is 0 Å². The largest absolute Gasteiger partial charge is 0.347 e. The van der Waals surface area contributed by atoms with E-state index in [0.717, 1.165) is 30.5 Å². The van der Waals surface area contributed by atoms with E-state index < -0.39 is 5.69 Å². The molecule has 6 nitrogen and oxygen atoms in total. The molecule has 6 heteroatoms. The van der Waals surface area contributed by atoms with Crippen molar-refractivity contribution in [2.24, 2.45) is 0 Å². The van der Waals surface area contributed by atoms with E-state index in [0.29, 0.717) is 6.54 Å². The van der Waals surface area contributed by atoms with E-state index in [2.05, 4.69) is 28.2 Å². The van der Waals surface area contributed by atoms with E-state index in [9.17, 15) is 9.59 Å². The number of nitrogens with zero attached hydrogens (tertiary/aromatic N) is 4. The number of amides is 1. The van der Waals surface area contributed by atoms with E-state index >= 15 is 0 Å². The lowest BCUT2D eigenvalue weighted by molar-refractivity contribution is -0.133. The van der Waals surface area contributed by atoms with Gasteiger partial charge >= 0.3 is 5.69 Å². The average Bonchev–Trinajstić information content (AvgIpc) is 2.69. The molecule has 0 spiro atoms. The number of carbonyl (C=O) groups is 1. The fourth-order valence-electron chi connectivity index (χ4n) is 3.52. The number of fused-ring (bicyclic) bond motifs is 1. The summed E-state index contributed by atoms with van der Waals surface area (Å²) in [7, 11) is 0. The van der Waals surface area contributed by atoms with E-state index in [1.54, 1.807) is 12.3 Å². The summed E-state index contributed by atoms with van der Waals surface area (Å²) in [6, 6.07) is 11.9. The molecule has 0 bridgehead atoms. The molecule has 0 unspecified atom stereocenters. The van der Waals surface area contributed by atoms with E-state index in [4.69, 9.17) is 0 Å². The summed E-state index contributed by atoms with van der Waals surface area (Å²) in [5.74, 6) is 0.175. The van der Waals surface area contributed by atoms with Gasteiger partial charge in [0.15, 0.2) is 0 Å². The molecule has 0 radical (unpaired) electrons. The van der Waals surface area contributed by atoms with Gasteiger partial charge in [-0.2, -0.15) is 0 Å². The molecule has 0 N–H and O–H groups in total. The summed E-state index contributed by atoms with van der Waals surface area (Å²) in [4.78, 5) is 34.5. The van der Waals surface area contributed by atoms with Crippen molar-refractivity contribution >= 4 is 16.7 Å². The Morgan fingerprint density at radius 1 is 1.15 bits per heavy atom. The molecule has 1 aliphatic rings. The zero-order valence-electron chi connectivity index (χ0n) is 14.4. The summed E-state index contributed by atoms with van der Waals surface area (Å²) in [5, 5.41) is 2.29. The molecule has 3 heterocycles. The zero-order valence-corrected chi connectivity index (χ0v) is 14.4. The number of hydrogen-bond acceptors (Lipinski definition) is 4. The quantitative estimate of drug-likeness (QED) is 0.728. The van der Waals surface area contributed by atoms with Crippen LogP contribution in [-0.2, 0) is 11.3 Å². The number of benzene rings is 1. The van der Waals surface area contributed by atoms with Crippen molar-refractivity contribution in [2.45, 2.75) is 25.3 Å². The Hall–Kier alpha value is -3.02. The summed E-state index contributed by atoms with van der Waals surface area (Å²) in [5.41, 5.74) is 0.630. The highest BCUT2D eigenvalue weighted by atomic mass is 16.2. The van der Waals surface area contributed by atoms with Gasteiger partial charge in [-0.25, -0.2) is 9.78 Å². The number of likely N-dealkylation sites (tertiary alicyclic amines) is 1. The Morgan fingerprint density at radius 2 is 2.00 bits per heavy atom. The maximum Gasteiger partial charge on any atom is 0.347 e. The molecule has 1 atom stereocenters. The van der Waals surface area contributed by atoms with Crippen LogP contribution in [0.3, 0.4) is 0 Å². The van der Waals surface area contributed by atoms with Crippen molar-refractivity contribution in [3.05, 3.63) is 71.2 Å². The molecule has 3 aromatic rings. The predicted octanol–water partition coefficient (Wildman–Crippen LogP) is 2.20. The van der Waals surface area contributed by atoms with Gasteiger partial charge < -0.3 is 4.90 Å². The molecular weight excluding hydrogens is 328 g/mol. The van der Waals surface area contributed by atoms with Gasteiger partial charge in [-0.05, 0) is 30.4 Å². The number of carbonyl (C=O) groups excluding carboxylic acids is 1. The first-order chi connectivity index (χ1) is 12.7. The molecule has 4 rings (SSSR count). The highest BCUT2D eigenvalue weighted by molar-refractivity contribution is 5.82. The highest BCUT2D eigenvalue weighted by Gasteiger charge is 2.26. The molecule has 1 aromatic carbocycles. The summed E-state index contributed by atoms with van der Waals surface area (Å²) in [6.45, 7) is 1.39. The van der Waals surface area contributed by atoms with Crippen LogP contribution < -0.4 is 5.69 Å². The molecule has 0 aliphatic carbocycles. The second-order valence-corrected chi connectivity index (χ2v) is 6.67. The van der Waals surface area contributed by atoms with Crippen molar-refractivity contribution in [1.29, 1.82) is 0 Å². The zero-order chi connectivity index (χ0) is 17.9. The van der Waals surface area contributed by atoms with E-state index in [1.807, 2.05) is 23.2 Å². The third-order valence-electron chi connectivity index (χ3n) is 4.93. The summed E-state index contributed by atoms with van der Waals surface area (Å²) in [6.07, 6.45) is 6.89. The summed E-state index contributed by atoms with van der Waals surface area (Å²) < 4.78 is 1.35. The Balaban J connectivity index is 1.50. The average molecular weight is 348 g/mol. The Kier molecular flexibility index (Phi) is 4.48. The van der Waals surface area contributed by atoms with Crippen LogP contribution in [0, 0.1) is 0 Å². The smallest absolute Gasteiger partial charge is 0.340 e. The van der Waals surface area contributed by atoms with Crippen LogP contribution in [0.5, 0.6) is 0 Å². The van der Waals surface area contributed by atoms with E-state index in [-0.39, 0.29) is 18.4 Å². The van der Waals surface area contributed by atoms with Gasteiger partial charge in [0.1, 0.15) is 6.54 Å². The molecule has 1 amide bonds. The molecule has 26 heavy (non-hydrogen) atoms. The van der Waals surface area contributed by atoms with Crippen LogP contribution in [0.15, 0.2) is 59.8 Å². The predicted molar refractivity (Wildman–Crippen MR) is 98.8 cm³/mol. The standard InChI is InChI=1S/C20H20N4O2/c25-19(14-24-10-4-8-21-20(24)26)23-9-3-7-17(13-23)18-11-15-5-1-2-6-16(15)12-22-18/h1-2,4-6,8,10-12,17H,3,7,9,13-14H2/t17-/m0/s1. The fourth-order valence-corrected chi connectivity index (χ4v) is 3.52. The first-order valence-electron chi connectivity index (χ1n) is 8.84. The highest BCUT2D eigenvalue weighted by Crippen LogP contribution is 2.27. The number of aromatic nitrogens is 3. The van der Waals surface area contributed by atoms with Gasteiger partial charge in [0.25, 0.3) is 0 Å². The lowest BCUT2D eigenvalue weighted by Crippen LogP contribution is -2.42. The minimum absolute atomic E-state index is 0.0323. The Bertz CT molecular complexity index is 998. The van der Waals surface area contributed by atoms with Gasteiger partial charge in [0, 0.05) is 48.7 Å². The fraction of sp³-hybridized carbons (Fsp3) is 0.300. The lowest BCUT2D eigenvalue weighted by atomic mass is 9.93. The van der Waals surface area contributed by atoms with Gasteiger partial charge in [-0.3, -0.25) is 14.3 Å². The van der Waals surface area contributed by atoms with Crippen molar-refractivity contribution in [2.75, 3.05) is 13.1 Å². The minimum Gasteiger partial charge on any atom is -0.340 e. The second kappa shape index (κ2) is 7.07. The van der Waals surface area contributed by atoms with Crippen molar-refractivity contribution < 1.29 is 4.79 Å². The SMILES string of the molecule is O=C(Cn1cccnc1=O)N1CCC[C@H](c2cc3ccccc3cn2)C1. The Morgan fingerprint density at radius 3 is 2.85 bits per heavy atom. The Labute approximate surface area is 151 Å². The first-order valence-corrected chi connectivity index (χ1v) is 8.84. The van der Waals surface area contributed by atoms with Crippen LogP contribution in [0.25, 0.3) is 10.8 Å².